The molecule has 0 radical (unpaired) electrons. The molecule has 0 spiro atoms. The molecule has 1 aliphatic heterocycles. The Hall–Kier alpha value is -1.69. The summed E-state index contributed by atoms with van der Waals surface area (Å²) in [5.41, 5.74) is -0.161. The number of nitrogens with zero attached hydrogens (tertiary/aromatic N) is 1. The van der Waals surface area contributed by atoms with Gasteiger partial charge in [-0.2, -0.15) is 0 Å². The number of esters is 1. The second kappa shape index (κ2) is 5.97. The standard InChI is InChI=1S/C15H20F2N2O2/c1-15(18-2)6-8-19(9-7-15)11-5-4-10(14(20)21-3)12(16)13(11)17/h4-5,18H,6-9H2,1-3H3. The molecule has 21 heavy (non-hydrogen) atoms. The second-order valence-corrected chi connectivity index (χ2v) is 5.55. The highest BCUT2D eigenvalue weighted by Crippen LogP contribution is 2.29. The highest BCUT2D eigenvalue weighted by atomic mass is 19.2. The first-order chi connectivity index (χ1) is 9.91. The summed E-state index contributed by atoms with van der Waals surface area (Å²) in [7, 11) is 3.04. The lowest BCUT2D eigenvalue weighted by Crippen LogP contribution is -2.50. The van der Waals surface area contributed by atoms with Gasteiger partial charge in [0.1, 0.15) is 0 Å². The van der Waals surface area contributed by atoms with Crippen LogP contribution in [0.1, 0.15) is 30.1 Å². The van der Waals surface area contributed by atoms with Crippen molar-refractivity contribution < 1.29 is 18.3 Å². The van der Waals surface area contributed by atoms with E-state index in [1.54, 1.807) is 4.90 Å². The summed E-state index contributed by atoms with van der Waals surface area (Å²) in [6.07, 6.45) is 1.67. The minimum atomic E-state index is -1.15. The fourth-order valence-electron chi connectivity index (χ4n) is 2.54. The summed E-state index contributed by atoms with van der Waals surface area (Å²) < 4.78 is 32.6. The lowest BCUT2D eigenvalue weighted by atomic mass is 9.89. The Morgan fingerprint density at radius 1 is 1.29 bits per heavy atom. The third kappa shape index (κ3) is 3.00. The SMILES string of the molecule is CNC1(C)CCN(c2ccc(C(=O)OC)c(F)c2F)CC1. The van der Waals surface area contributed by atoms with Crippen LogP contribution in [0, 0.1) is 11.6 Å². The zero-order valence-corrected chi connectivity index (χ0v) is 12.5. The normalized spacial score (nSPS) is 17.7. The number of carbonyl (C=O) groups is 1. The van der Waals surface area contributed by atoms with Crippen molar-refractivity contribution in [2.75, 3.05) is 32.1 Å². The topological polar surface area (TPSA) is 41.6 Å². The average molecular weight is 298 g/mol. The van der Waals surface area contributed by atoms with Gasteiger partial charge in [0.05, 0.1) is 18.4 Å². The van der Waals surface area contributed by atoms with Gasteiger partial charge in [0, 0.05) is 18.6 Å². The van der Waals surface area contributed by atoms with Crippen molar-refractivity contribution in [3.8, 4) is 0 Å². The first-order valence-corrected chi connectivity index (χ1v) is 6.92. The summed E-state index contributed by atoms with van der Waals surface area (Å²) in [6, 6.07) is 2.71. The number of ether oxygens (including phenoxy) is 1. The van der Waals surface area contributed by atoms with E-state index in [1.807, 2.05) is 7.05 Å². The molecule has 2 rings (SSSR count). The number of nitrogens with one attached hydrogen (secondary N) is 1. The van der Waals surface area contributed by atoms with Crippen LogP contribution in [0.2, 0.25) is 0 Å². The molecule has 0 aromatic heterocycles. The van der Waals surface area contributed by atoms with Gasteiger partial charge in [-0.3, -0.25) is 0 Å². The Balaban J connectivity index is 2.23. The van der Waals surface area contributed by atoms with Gasteiger partial charge in [-0.15, -0.1) is 0 Å². The van der Waals surface area contributed by atoms with Crippen LogP contribution in [0.4, 0.5) is 14.5 Å². The van der Waals surface area contributed by atoms with E-state index in [2.05, 4.69) is 17.0 Å². The van der Waals surface area contributed by atoms with Gasteiger partial charge in [-0.05, 0) is 38.9 Å². The summed E-state index contributed by atoms with van der Waals surface area (Å²) in [5, 5.41) is 3.25. The molecule has 4 nitrogen and oxygen atoms in total. The highest BCUT2D eigenvalue weighted by molar-refractivity contribution is 5.90. The zero-order valence-electron chi connectivity index (χ0n) is 12.5. The van der Waals surface area contributed by atoms with E-state index in [0.29, 0.717) is 13.1 Å². The predicted molar refractivity (Wildman–Crippen MR) is 76.6 cm³/mol. The summed E-state index contributed by atoms with van der Waals surface area (Å²) in [6.45, 7) is 3.37. The van der Waals surface area contributed by atoms with E-state index < -0.39 is 17.6 Å². The Morgan fingerprint density at radius 2 is 1.90 bits per heavy atom. The second-order valence-electron chi connectivity index (χ2n) is 5.55. The maximum atomic E-state index is 14.2. The minimum absolute atomic E-state index is 0.0253. The fourth-order valence-corrected chi connectivity index (χ4v) is 2.54. The predicted octanol–water partition coefficient (Wildman–Crippen LogP) is 2.33. The Bertz CT molecular complexity index is 541. The molecule has 116 valence electrons. The van der Waals surface area contributed by atoms with Gasteiger partial charge in [-0.25, -0.2) is 13.6 Å². The quantitative estimate of drug-likeness (QED) is 0.870. The molecule has 1 saturated heterocycles. The molecule has 0 saturated carbocycles. The van der Waals surface area contributed by atoms with Crippen molar-refractivity contribution in [3.05, 3.63) is 29.3 Å². The Morgan fingerprint density at radius 3 is 2.43 bits per heavy atom. The fraction of sp³-hybridized carbons (Fsp3) is 0.533. The third-order valence-corrected chi connectivity index (χ3v) is 4.28. The number of carbonyl (C=O) groups excluding carboxylic acids is 1. The number of hydrogen-bond acceptors (Lipinski definition) is 4. The molecule has 1 aromatic carbocycles. The van der Waals surface area contributed by atoms with Crippen molar-refractivity contribution in [1.29, 1.82) is 0 Å². The van der Waals surface area contributed by atoms with Gasteiger partial charge < -0.3 is 15.0 Å². The minimum Gasteiger partial charge on any atom is -0.465 e. The Kier molecular flexibility index (Phi) is 4.46. The number of anilines is 1. The van der Waals surface area contributed by atoms with Crippen molar-refractivity contribution >= 4 is 11.7 Å². The molecular formula is C15H20F2N2O2. The molecule has 1 aromatic rings. The number of hydrogen-bond donors (Lipinski definition) is 1. The summed E-state index contributed by atoms with van der Waals surface area (Å²) in [4.78, 5) is 13.2. The smallest absolute Gasteiger partial charge is 0.340 e. The van der Waals surface area contributed by atoms with E-state index in [-0.39, 0.29) is 16.8 Å². The van der Waals surface area contributed by atoms with Crippen molar-refractivity contribution in [2.45, 2.75) is 25.3 Å². The first kappa shape index (κ1) is 15.7. The lowest BCUT2D eigenvalue weighted by molar-refractivity contribution is 0.0594. The largest absolute Gasteiger partial charge is 0.465 e. The number of piperidine rings is 1. The number of methoxy groups -OCH3 is 1. The summed E-state index contributed by atoms with van der Waals surface area (Å²) in [5.74, 6) is -3.02. The van der Waals surface area contributed by atoms with Gasteiger partial charge in [0.25, 0.3) is 0 Å². The molecule has 1 heterocycles. The highest BCUT2D eigenvalue weighted by Gasteiger charge is 2.30. The van der Waals surface area contributed by atoms with Gasteiger partial charge >= 0.3 is 5.97 Å². The zero-order chi connectivity index (χ0) is 15.6. The van der Waals surface area contributed by atoms with E-state index in [0.717, 1.165) is 20.0 Å². The van der Waals surface area contributed by atoms with E-state index >= 15 is 0 Å². The third-order valence-electron chi connectivity index (χ3n) is 4.28. The van der Waals surface area contributed by atoms with Crippen LogP contribution in [0.5, 0.6) is 0 Å². The number of benzene rings is 1. The van der Waals surface area contributed by atoms with Crippen LogP contribution >= 0.6 is 0 Å². The molecule has 1 aliphatic rings. The van der Waals surface area contributed by atoms with Gasteiger partial charge in [-0.1, -0.05) is 0 Å². The first-order valence-electron chi connectivity index (χ1n) is 6.92. The molecule has 0 atom stereocenters. The van der Waals surface area contributed by atoms with Crippen LogP contribution in [-0.2, 0) is 4.74 Å². The molecular weight excluding hydrogens is 278 g/mol. The lowest BCUT2D eigenvalue weighted by Gasteiger charge is -2.40. The van der Waals surface area contributed by atoms with Gasteiger partial charge in [0.2, 0.25) is 0 Å². The number of halogens is 2. The Labute approximate surface area is 123 Å². The van der Waals surface area contributed by atoms with Crippen molar-refractivity contribution in [2.24, 2.45) is 0 Å². The summed E-state index contributed by atoms with van der Waals surface area (Å²) >= 11 is 0. The molecule has 0 amide bonds. The van der Waals surface area contributed by atoms with E-state index in [9.17, 15) is 13.6 Å². The van der Waals surface area contributed by atoms with Crippen molar-refractivity contribution in [3.63, 3.8) is 0 Å². The molecule has 0 unspecified atom stereocenters. The average Bonchev–Trinajstić information content (AvgIpc) is 2.50. The molecule has 1 fully saturated rings. The molecule has 0 bridgehead atoms. The van der Waals surface area contributed by atoms with Crippen LogP contribution in [0.25, 0.3) is 0 Å². The molecule has 0 aliphatic carbocycles. The van der Waals surface area contributed by atoms with Gasteiger partial charge in [0.15, 0.2) is 11.6 Å². The van der Waals surface area contributed by atoms with Crippen LogP contribution < -0.4 is 10.2 Å². The van der Waals surface area contributed by atoms with Crippen molar-refractivity contribution in [1.82, 2.24) is 5.32 Å². The van der Waals surface area contributed by atoms with E-state index in [1.165, 1.54) is 12.1 Å². The number of rotatable bonds is 3. The molecule has 1 N–H and O–H groups in total. The van der Waals surface area contributed by atoms with Crippen LogP contribution in [0.3, 0.4) is 0 Å². The van der Waals surface area contributed by atoms with Crippen LogP contribution in [-0.4, -0.2) is 38.8 Å². The maximum absolute atomic E-state index is 14.2. The van der Waals surface area contributed by atoms with E-state index in [4.69, 9.17) is 0 Å². The van der Waals surface area contributed by atoms with Crippen LogP contribution in [0.15, 0.2) is 12.1 Å². The maximum Gasteiger partial charge on any atom is 0.340 e. The molecule has 6 heteroatoms. The monoisotopic (exact) mass is 298 g/mol.